The molecule has 0 aliphatic heterocycles. The number of hydrogen-bond donors (Lipinski definition) is 3. The van der Waals surface area contributed by atoms with Gasteiger partial charge in [-0.1, -0.05) is 19.3 Å². The van der Waals surface area contributed by atoms with E-state index in [0.717, 1.165) is 51.5 Å². The van der Waals surface area contributed by atoms with Crippen LogP contribution in [0.25, 0.3) is 0 Å². The Morgan fingerprint density at radius 2 is 2.00 bits per heavy atom. The van der Waals surface area contributed by atoms with Gasteiger partial charge < -0.3 is 20.5 Å². The van der Waals surface area contributed by atoms with Gasteiger partial charge >= 0.3 is 0 Å². The van der Waals surface area contributed by atoms with Gasteiger partial charge in [-0.25, -0.2) is 0 Å². The largest absolute Gasteiger partial charge is 0.396 e. The van der Waals surface area contributed by atoms with Crippen molar-refractivity contribution in [2.45, 2.75) is 64.4 Å². The summed E-state index contributed by atoms with van der Waals surface area (Å²) in [7, 11) is 0. The van der Waals surface area contributed by atoms with Crippen molar-refractivity contribution in [2.75, 3.05) is 32.8 Å². The first-order chi connectivity index (χ1) is 10.8. The lowest BCUT2D eigenvalue weighted by atomic mass is 9.98. The van der Waals surface area contributed by atoms with Gasteiger partial charge in [-0.3, -0.25) is 4.99 Å². The van der Waals surface area contributed by atoms with E-state index in [1.165, 1.54) is 32.1 Å². The van der Waals surface area contributed by atoms with Crippen LogP contribution >= 0.6 is 0 Å². The Kier molecular flexibility index (Phi) is 7.46. The van der Waals surface area contributed by atoms with Crippen LogP contribution in [0.1, 0.15) is 58.3 Å². The van der Waals surface area contributed by atoms with E-state index in [9.17, 15) is 5.11 Å². The third kappa shape index (κ3) is 6.13. The second-order valence-electron chi connectivity index (χ2n) is 6.76. The van der Waals surface area contributed by atoms with E-state index >= 15 is 0 Å². The van der Waals surface area contributed by atoms with Crippen LogP contribution in [-0.4, -0.2) is 50.0 Å². The molecule has 128 valence electrons. The summed E-state index contributed by atoms with van der Waals surface area (Å²) in [6.07, 6.45) is 10.2. The van der Waals surface area contributed by atoms with Gasteiger partial charge in [-0.05, 0) is 39.0 Å². The van der Waals surface area contributed by atoms with E-state index in [1.807, 2.05) is 0 Å². The smallest absolute Gasteiger partial charge is 0.191 e. The third-order valence-electron chi connectivity index (χ3n) is 4.73. The molecule has 0 radical (unpaired) electrons. The molecule has 2 aliphatic rings. The van der Waals surface area contributed by atoms with Crippen LogP contribution < -0.4 is 10.6 Å². The van der Waals surface area contributed by atoms with Crippen molar-refractivity contribution < 1.29 is 9.84 Å². The van der Waals surface area contributed by atoms with Gasteiger partial charge in [0.1, 0.15) is 0 Å². The van der Waals surface area contributed by atoms with Gasteiger partial charge in [0, 0.05) is 25.1 Å². The molecule has 2 aliphatic carbocycles. The van der Waals surface area contributed by atoms with E-state index < -0.39 is 0 Å². The van der Waals surface area contributed by atoms with Crippen LogP contribution in [0.3, 0.4) is 0 Å². The third-order valence-corrected chi connectivity index (χ3v) is 4.73. The molecule has 0 aromatic carbocycles. The number of guanidine groups is 1. The van der Waals surface area contributed by atoms with E-state index in [-0.39, 0.29) is 12.0 Å². The summed E-state index contributed by atoms with van der Waals surface area (Å²) in [5.74, 6) is 0.861. The van der Waals surface area contributed by atoms with Crippen molar-refractivity contribution in [1.29, 1.82) is 0 Å². The molecule has 22 heavy (non-hydrogen) atoms. The topological polar surface area (TPSA) is 65.9 Å². The average molecular weight is 311 g/mol. The van der Waals surface area contributed by atoms with Crippen molar-refractivity contribution in [2.24, 2.45) is 10.4 Å². The molecule has 2 saturated carbocycles. The highest BCUT2D eigenvalue weighted by molar-refractivity contribution is 5.79. The molecule has 0 spiro atoms. The summed E-state index contributed by atoms with van der Waals surface area (Å²) in [6.45, 7) is 5.61. The summed E-state index contributed by atoms with van der Waals surface area (Å²) in [4.78, 5) is 4.60. The first kappa shape index (κ1) is 17.5. The highest BCUT2D eigenvalue weighted by Gasteiger charge is 2.41. The quantitative estimate of drug-likeness (QED) is 0.346. The van der Waals surface area contributed by atoms with Gasteiger partial charge in [0.2, 0.25) is 0 Å². The standard InChI is InChI=1S/C17H33N3O2/c1-2-18-16(20-13-17(14-21)9-10-17)19-11-6-12-22-15-7-4-3-5-8-15/h15,21H,2-14H2,1H3,(H2,18,19,20). The summed E-state index contributed by atoms with van der Waals surface area (Å²) in [5.41, 5.74) is 0.0758. The van der Waals surface area contributed by atoms with Crippen molar-refractivity contribution in [1.82, 2.24) is 10.6 Å². The fourth-order valence-corrected chi connectivity index (χ4v) is 2.89. The molecular formula is C17H33N3O2. The van der Waals surface area contributed by atoms with E-state index in [1.54, 1.807) is 0 Å². The minimum atomic E-state index is 0.0758. The van der Waals surface area contributed by atoms with Crippen molar-refractivity contribution in [3.8, 4) is 0 Å². The fourth-order valence-electron chi connectivity index (χ4n) is 2.89. The predicted octanol–water partition coefficient (Wildman–Crippen LogP) is 2.05. The maximum Gasteiger partial charge on any atom is 0.191 e. The Labute approximate surface area is 134 Å². The van der Waals surface area contributed by atoms with Crippen LogP contribution in [0.15, 0.2) is 4.99 Å². The molecule has 0 saturated heterocycles. The highest BCUT2D eigenvalue weighted by Crippen LogP contribution is 2.45. The summed E-state index contributed by atoms with van der Waals surface area (Å²) in [5, 5.41) is 16.0. The number of aliphatic hydroxyl groups excluding tert-OH is 1. The molecule has 2 rings (SSSR count). The lowest BCUT2D eigenvalue weighted by molar-refractivity contribution is 0.0277. The monoisotopic (exact) mass is 311 g/mol. The molecule has 0 aromatic heterocycles. The van der Waals surface area contributed by atoms with E-state index in [2.05, 4.69) is 22.5 Å². The number of hydrogen-bond acceptors (Lipinski definition) is 3. The van der Waals surface area contributed by atoms with Crippen LogP contribution in [0.4, 0.5) is 0 Å². The lowest BCUT2D eigenvalue weighted by Crippen LogP contribution is -2.38. The average Bonchev–Trinajstić information content (AvgIpc) is 3.34. The van der Waals surface area contributed by atoms with Gasteiger partial charge in [0.25, 0.3) is 0 Å². The van der Waals surface area contributed by atoms with Gasteiger partial charge in [-0.2, -0.15) is 0 Å². The van der Waals surface area contributed by atoms with Crippen LogP contribution in [0.5, 0.6) is 0 Å². The second-order valence-corrected chi connectivity index (χ2v) is 6.76. The first-order valence-corrected chi connectivity index (χ1v) is 9.03. The van der Waals surface area contributed by atoms with Crippen molar-refractivity contribution in [3.63, 3.8) is 0 Å². The van der Waals surface area contributed by atoms with Crippen LogP contribution in [0, 0.1) is 5.41 Å². The Morgan fingerprint density at radius 1 is 1.23 bits per heavy atom. The highest BCUT2D eigenvalue weighted by atomic mass is 16.5. The summed E-state index contributed by atoms with van der Waals surface area (Å²) < 4.78 is 5.93. The van der Waals surface area contributed by atoms with Crippen LogP contribution in [-0.2, 0) is 4.74 Å². The lowest BCUT2D eigenvalue weighted by Gasteiger charge is -2.22. The summed E-state index contributed by atoms with van der Waals surface area (Å²) in [6, 6.07) is 0. The minimum Gasteiger partial charge on any atom is -0.396 e. The van der Waals surface area contributed by atoms with Gasteiger partial charge in [0.15, 0.2) is 5.96 Å². The molecule has 0 bridgehead atoms. The minimum absolute atomic E-state index is 0.0758. The maximum absolute atomic E-state index is 9.34. The molecule has 2 fully saturated rings. The molecule has 0 heterocycles. The number of nitrogens with one attached hydrogen (secondary N) is 2. The zero-order valence-corrected chi connectivity index (χ0v) is 14.1. The van der Waals surface area contributed by atoms with Gasteiger partial charge in [-0.15, -0.1) is 0 Å². The number of rotatable bonds is 9. The van der Waals surface area contributed by atoms with Gasteiger partial charge in [0.05, 0.1) is 19.3 Å². The molecule has 0 aromatic rings. The zero-order valence-electron chi connectivity index (χ0n) is 14.1. The van der Waals surface area contributed by atoms with Crippen molar-refractivity contribution >= 4 is 5.96 Å². The Balaban J connectivity index is 1.58. The number of ether oxygens (including phenoxy) is 1. The van der Waals surface area contributed by atoms with E-state index in [0.29, 0.717) is 6.10 Å². The van der Waals surface area contributed by atoms with Crippen LogP contribution in [0.2, 0.25) is 0 Å². The van der Waals surface area contributed by atoms with E-state index in [4.69, 9.17) is 4.74 Å². The maximum atomic E-state index is 9.34. The van der Waals surface area contributed by atoms with Crippen molar-refractivity contribution in [3.05, 3.63) is 0 Å². The normalized spacial score (nSPS) is 21.6. The molecular weight excluding hydrogens is 278 g/mol. The molecule has 0 unspecified atom stereocenters. The predicted molar refractivity (Wildman–Crippen MR) is 90.2 cm³/mol. The number of nitrogens with zero attached hydrogens (tertiary/aromatic N) is 1. The molecule has 5 heteroatoms. The SMILES string of the molecule is CCNC(=NCC1(CO)CC1)NCCCOC1CCCCC1. The Bertz CT molecular complexity index is 337. The molecule has 0 amide bonds. The zero-order chi connectivity index (χ0) is 15.7. The fraction of sp³-hybridized carbons (Fsp3) is 0.941. The molecule has 5 nitrogen and oxygen atoms in total. The first-order valence-electron chi connectivity index (χ1n) is 9.03. The Morgan fingerprint density at radius 3 is 2.64 bits per heavy atom. The second kappa shape index (κ2) is 9.36. The molecule has 0 atom stereocenters. The molecule has 3 N–H and O–H groups in total. The number of aliphatic hydroxyl groups is 1. The Hall–Kier alpha value is -0.810. The number of aliphatic imine (C=N–C) groups is 1. The summed E-state index contributed by atoms with van der Waals surface area (Å²) >= 11 is 0.